The van der Waals surface area contributed by atoms with Gasteiger partial charge in [-0.05, 0) is 13.8 Å². The van der Waals surface area contributed by atoms with Crippen LogP contribution in [0.2, 0.25) is 0 Å². The molecule has 2 amide bonds. The smallest absolute Gasteiger partial charge is 0.273 e. The van der Waals surface area contributed by atoms with Gasteiger partial charge in [0.2, 0.25) is 5.91 Å². The van der Waals surface area contributed by atoms with Gasteiger partial charge in [0.1, 0.15) is 5.69 Å². The summed E-state index contributed by atoms with van der Waals surface area (Å²) >= 11 is 1.25. The summed E-state index contributed by atoms with van der Waals surface area (Å²) in [5.41, 5.74) is 0.370. The molecule has 104 valence electrons. The van der Waals surface area contributed by atoms with E-state index in [0.29, 0.717) is 24.0 Å². The molecule has 0 spiro atoms. The fourth-order valence-corrected chi connectivity index (χ4v) is 2.64. The molecule has 1 aromatic rings. The largest absolute Gasteiger partial charge is 0.375 e. The van der Waals surface area contributed by atoms with Crippen molar-refractivity contribution in [2.75, 3.05) is 18.5 Å². The van der Waals surface area contributed by atoms with Crippen molar-refractivity contribution >= 4 is 28.3 Å². The van der Waals surface area contributed by atoms with Gasteiger partial charge >= 0.3 is 0 Å². The monoisotopic (exact) mass is 283 g/mol. The van der Waals surface area contributed by atoms with Gasteiger partial charge in [0.25, 0.3) is 5.91 Å². The fourth-order valence-electron chi connectivity index (χ4n) is 1.91. The van der Waals surface area contributed by atoms with E-state index in [1.54, 1.807) is 10.3 Å². The summed E-state index contributed by atoms with van der Waals surface area (Å²) in [7, 11) is 0. The second-order valence-electron chi connectivity index (χ2n) is 4.67. The van der Waals surface area contributed by atoms with Crippen LogP contribution in [0.3, 0.4) is 0 Å². The Morgan fingerprint density at radius 3 is 2.95 bits per heavy atom. The molecule has 0 radical (unpaired) electrons. The van der Waals surface area contributed by atoms with Gasteiger partial charge in [0, 0.05) is 18.8 Å². The first-order valence-corrected chi connectivity index (χ1v) is 7.01. The van der Waals surface area contributed by atoms with Crippen LogP contribution in [0.15, 0.2) is 5.38 Å². The maximum Gasteiger partial charge on any atom is 0.273 e. The highest BCUT2D eigenvalue weighted by Crippen LogP contribution is 2.19. The van der Waals surface area contributed by atoms with Gasteiger partial charge in [-0.15, -0.1) is 11.3 Å². The summed E-state index contributed by atoms with van der Waals surface area (Å²) in [6.07, 6.45) is 0.0357. The molecule has 0 bridgehead atoms. The SMILES string of the molecule is CC(=O)Nc1nc(C(=O)N2C[C@@H](C)OC[C@H]2C)cs1. The predicted octanol–water partition coefficient (Wildman–Crippen LogP) is 1.35. The first-order valence-electron chi connectivity index (χ1n) is 6.13. The minimum Gasteiger partial charge on any atom is -0.375 e. The van der Waals surface area contributed by atoms with Crippen LogP contribution in [-0.4, -0.2) is 47.0 Å². The lowest BCUT2D eigenvalue weighted by Crippen LogP contribution is -2.50. The van der Waals surface area contributed by atoms with Crippen LogP contribution >= 0.6 is 11.3 Å². The maximum atomic E-state index is 12.4. The molecule has 1 fully saturated rings. The van der Waals surface area contributed by atoms with E-state index >= 15 is 0 Å². The van der Waals surface area contributed by atoms with E-state index in [0.717, 1.165) is 0 Å². The van der Waals surface area contributed by atoms with Crippen LogP contribution in [0.25, 0.3) is 0 Å². The molecule has 2 heterocycles. The summed E-state index contributed by atoms with van der Waals surface area (Å²) < 4.78 is 5.50. The van der Waals surface area contributed by atoms with Crippen molar-refractivity contribution < 1.29 is 14.3 Å². The van der Waals surface area contributed by atoms with Crippen molar-refractivity contribution in [1.82, 2.24) is 9.88 Å². The van der Waals surface area contributed by atoms with Gasteiger partial charge in [-0.3, -0.25) is 9.59 Å². The molecule has 1 aliphatic heterocycles. The molecule has 7 heteroatoms. The standard InChI is InChI=1S/C12H17N3O3S/c1-7-5-18-8(2)4-15(7)11(17)10-6-19-12(14-10)13-9(3)16/h6-8H,4-5H2,1-3H3,(H,13,14,16)/t7-,8-/m1/s1. The third-order valence-electron chi connectivity index (χ3n) is 2.87. The van der Waals surface area contributed by atoms with E-state index in [9.17, 15) is 9.59 Å². The fraction of sp³-hybridized carbons (Fsp3) is 0.583. The summed E-state index contributed by atoms with van der Waals surface area (Å²) in [6, 6.07) is 0.0367. The van der Waals surface area contributed by atoms with Gasteiger partial charge in [0.15, 0.2) is 5.13 Å². The van der Waals surface area contributed by atoms with E-state index in [-0.39, 0.29) is 24.0 Å². The average molecular weight is 283 g/mol. The molecule has 6 nitrogen and oxygen atoms in total. The van der Waals surface area contributed by atoms with Crippen LogP contribution in [0.5, 0.6) is 0 Å². The highest BCUT2D eigenvalue weighted by molar-refractivity contribution is 7.14. The zero-order valence-electron chi connectivity index (χ0n) is 11.2. The van der Waals surface area contributed by atoms with Crippen LogP contribution in [0.1, 0.15) is 31.3 Å². The molecule has 0 saturated carbocycles. The van der Waals surface area contributed by atoms with Gasteiger partial charge in [-0.2, -0.15) is 0 Å². The quantitative estimate of drug-likeness (QED) is 0.889. The Kier molecular flexibility index (Phi) is 4.16. The molecule has 1 aromatic heterocycles. The highest BCUT2D eigenvalue weighted by Gasteiger charge is 2.29. The van der Waals surface area contributed by atoms with Crippen molar-refractivity contribution in [2.24, 2.45) is 0 Å². The molecule has 1 aliphatic rings. The predicted molar refractivity (Wildman–Crippen MR) is 72.3 cm³/mol. The van der Waals surface area contributed by atoms with Crippen LogP contribution in [0.4, 0.5) is 5.13 Å². The minimum absolute atomic E-state index is 0.0357. The minimum atomic E-state index is -0.193. The van der Waals surface area contributed by atoms with E-state index in [4.69, 9.17) is 4.74 Å². The zero-order valence-corrected chi connectivity index (χ0v) is 12.0. The number of carbonyl (C=O) groups excluding carboxylic acids is 2. The van der Waals surface area contributed by atoms with Crippen LogP contribution in [0, 0.1) is 0 Å². The Morgan fingerprint density at radius 1 is 1.53 bits per heavy atom. The molecule has 2 atom stereocenters. The van der Waals surface area contributed by atoms with Crippen molar-refractivity contribution in [1.29, 1.82) is 0 Å². The number of anilines is 1. The number of morpholine rings is 1. The number of amides is 2. The average Bonchev–Trinajstić information content (AvgIpc) is 2.79. The van der Waals surface area contributed by atoms with Crippen molar-refractivity contribution in [3.63, 3.8) is 0 Å². The number of nitrogens with zero attached hydrogens (tertiary/aromatic N) is 2. The molecule has 1 N–H and O–H groups in total. The highest BCUT2D eigenvalue weighted by atomic mass is 32.1. The molecule has 0 aliphatic carbocycles. The first kappa shape index (κ1) is 14.0. The van der Waals surface area contributed by atoms with E-state index < -0.39 is 0 Å². The zero-order chi connectivity index (χ0) is 14.0. The normalized spacial score (nSPS) is 23.2. The number of aromatic nitrogens is 1. The molecular formula is C12H17N3O3S. The first-order chi connectivity index (χ1) is 8.97. The van der Waals surface area contributed by atoms with E-state index in [1.165, 1.54) is 18.3 Å². The third kappa shape index (κ3) is 3.30. The molecule has 0 unspecified atom stereocenters. The lowest BCUT2D eigenvalue weighted by Gasteiger charge is -2.36. The van der Waals surface area contributed by atoms with Crippen molar-refractivity contribution in [3.05, 3.63) is 11.1 Å². The number of hydrogen-bond acceptors (Lipinski definition) is 5. The molecular weight excluding hydrogens is 266 g/mol. The number of carbonyl (C=O) groups is 2. The maximum absolute atomic E-state index is 12.4. The molecule has 0 aromatic carbocycles. The van der Waals surface area contributed by atoms with Crippen LogP contribution < -0.4 is 5.32 Å². The number of rotatable bonds is 2. The molecule has 2 rings (SSSR count). The summed E-state index contributed by atoms with van der Waals surface area (Å²) in [5, 5.41) is 4.69. The van der Waals surface area contributed by atoms with Crippen molar-refractivity contribution in [3.8, 4) is 0 Å². The topological polar surface area (TPSA) is 71.5 Å². The Labute approximate surface area is 115 Å². The van der Waals surface area contributed by atoms with Gasteiger partial charge in [-0.1, -0.05) is 0 Å². The molecule has 1 saturated heterocycles. The van der Waals surface area contributed by atoms with Gasteiger partial charge < -0.3 is 15.0 Å². The van der Waals surface area contributed by atoms with E-state index in [2.05, 4.69) is 10.3 Å². The lowest BCUT2D eigenvalue weighted by molar-refractivity contribution is -0.114. The number of thiazole rings is 1. The van der Waals surface area contributed by atoms with E-state index in [1.807, 2.05) is 13.8 Å². The Balaban J connectivity index is 2.10. The third-order valence-corrected chi connectivity index (χ3v) is 3.63. The Hall–Kier alpha value is -1.47. The second kappa shape index (κ2) is 5.66. The number of ether oxygens (including phenoxy) is 1. The Bertz CT molecular complexity index is 488. The van der Waals surface area contributed by atoms with Crippen LogP contribution in [-0.2, 0) is 9.53 Å². The summed E-state index contributed by atoms with van der Waals surface area (Å²) in [4.78, 5) is 29.2. The summed E-state index contributed by atoms with van der Waals surface area (Å²) in [6.45, 7) is 6.40. The van der Waals surface area contributed by atoms with Gasteiger partial charge in [-0.25, -0.2) is 4.98 Å². The number of nitrogens with one attached hydrogen (secondary N) is 1. The lowest BCUT2D eigenvalue weighted by atomic mass is 10.2. The summed E-state index contributed by atoms with van der Waals surface area (Å²) in [5.74, 6) is -0.308. The Morgan fingerprint density at radius 2 is 2.26 bits per heavy atom. The van der Waals surface area contributed by atoms with Crippen molar-refractivity contribution in [2.45, 2.75) is 32.9 Å². The van der Waals surface area contributed by atoms with Gasteiger partial charge in [0.05, 0.1) is 18.8 Å². The molecule has 19 heavy (non-hydrogen) atoms. The second-order valence-corrected chi connectivity index (χ2v) is 5.53. The number of hydrogen-bond donors (Lipinski definition) is 1.